The SMILES string of the molecule is C1=NOCC1.CCCC(=O)O.c1ccc(-c2ccccc2)cc1. The topological polar surface area (TPSA) is 58.9 Å². The van der Waals surface area contributed by atoms with Gasteiger partial charge in [0.25, 0.3) is 0 Å². The van der Waals surface area contributed by atoms with Crippen LogP contribution in [-0.2, 0) is 9.63 Å². The maximum atomic E-state index is 9.60. The number of nitrogens with zero attached hydrogens (tertiary/aromatic N) is 1. The summed E-state index contributed by atoms with van der Waals surface area (Å²) in [5.74, 6) is -0.711. The zero-order valence-corrected chi connectivity index (χ0v) is 13.4. The Balaban J connectivity index is 0.000000202. The van der Waals surface area contributed by atoms with Crippen molar-refractivity contribution in [2.75, 3.05) is 6.61 Å². The molecule has 4 heteroatoms. The number of rotatable bonds is 3. The van der Waals surface area contributed by atoms with Crippen molar-refractivity contribution in [2.24, 2.45) is 5.16 Å². The normalized spacial score (nSPS) is 11.3. The third kappa shape index (κ3) is 9.09. The highest BCUT2D eigenvalue weighted by molar-refractivity contribution is 5.66. The van der Waals surface area contributed by atoms with Crippen LogP contribution in [0.4, 0.5) is 0 Å². The molecule has 0 aromatic heterocycles. The molecule has 0 saturated carbocycles. The van der Waals surface area contributed by atoms with Crippen LogP contribution in [0.15, 0.2) is 65.8 Å². The molecule has 1 aliphatic rings. The predicted octanol–water partition coefficient (Wildman–Crippen LogP) is 4.62. The molecular weight excluding hydrogens is 290 g/mol. The van der Waals surface area contributed by atoms with Crippen molar-refractivity contribution in [3.63, 3.8) is 0 Å². The van der Waals surface area contributed by atoms with E-state index in [-0.39, 0.29) is 0 Å². The number of oxime groups is 1. The first-order valence-electron chi connectivity index (χ1n) is 7.70. The van der Waals surface area contributed by atoms with Gasteiger partial charge in [-0.1, -0.05) is 72.7 Å². The van der Waals surface area contributed by atoms with Gasteiger partial charge in [0, 0.05) is 19.1 Å². The van der Waals surface area contributed by atoms with Gasteiger partial charge in [0.2, 0.25) is 0 Å². The van der Waals surface area contributed by atoms with E-state index in [1.165, 1.54) is 11.1 Å². The lowest BCUT2D eigenvalue weighted by atomic mass is 10.1. The van der Waals surface area contributed by atoms with Gasteiger partial charge in [-0.3, -0.25) is 4.79 Å². The van der Waals surface area contributed by atoms with Crippen LogP contribution in [0.3, 0.4) is 0 Å². The minimum absolute atomic E-state index is 0.292. The largest absolute Gasteiger partial charge is 0.481 e. The zero-order chi connectivity index (χ0) is 16.8. The average Bonchev–Trinajstić information content (AvgIpc) is 3.17. The molecule has 0 radical (unpaired) electrons. The summed E-state index contributed by atoms with van der Waals surface area (Å²) in [5.41, 5.74) is 2.55. The van der Waals surface area contributed by atoms with Gasteiger partial charge in [-0.15, -0.1) is 0 Å². The summed E-state index contributed by atoms with van der Waals surface area (Å²) in [7, 11) is 0. The summed E-state index contributed by atoms with van der Waals surface area (Å²) in [5, 5.41) is 11.4. The van der Waals surface area contributed by atoms with E-state index in [9.17, 15) is 4.79 Å². The molecule has 3 rings (SSSR count). The molecular formula is C19H23NO3. The van der Waals surface area contributed by atoms with E-state index in [0.29, 0.717) is 6.42 Å². The highest BCUT2D eigenvalue weighted by atomic mass is 16.6. The fraction of sp³-hybridized carbons (Fsp3) is 0.263. The van der Waals surface area contributed by atoms with E-state index in [2.05, 4.69) is 58.5 Å². The minimum atomic E-state index is -0.711. The second kappa shape index (κ2) is 12.0. The van der Waals surface area contributed by atoms with Crippen LogP contribution < -0.4 is 0 Å². The molecule has 122 valence electrons. The molecule has 1 N–H and O–H groups in total. The molecule has 0 amide bonds. The second-order valence-corrected chi connectivity index (χ2v) is 4.79. The second-order valence-electron chi connectivity index (χ2n) is 4.79. The number of carbonyl (C=O) groups is 1. The molecule has 23 heavy (non-hydrogen) atoms. The zero-order valence-electron chi connectivity index (χ0n) is 13.4. The Kier molecular flexibility index (Phi) is 9.60. The summed E-state index contributed by atoms with van der Waals surface area (Å²) in [6.07, 6.45) is 3.77. The van der Waals surface area contributed by atoms with E-state index in [4.69, 9.17) is 5.11 Å². The van der Waals surface area contributed by atoms with Crippen molar-refractivity contribution >= 4 is 12.2 Å². The van der Waals surface area contributed by atoms with E-state index in [1.54, 1.807) is 6.21 Å². The Labute approximate surface area is 137 Å². The van der Waals surface area contributed by atoms with Crippen molar-refractivity contribution < 1.29 is 14.7 Å². The van der Waals surface area contributed by atoms with Crippen LogP contribution in [0, 0.1) is 0 Å². The third-order valence-corrected chi connectivity index (χ3v) is 2.83. The lowest BCUT2D eigenvalue weighted by molar-refractivity contribution is -0.137. The summed E-state index contributed by atoms with van der Waals surface area (Å²) in [6.45, 7) is 2.62. The summed E-state index contributed by atoms with van der Waals surface area (Å²) < 4.78 is 0. The molecule has 0 fully saturated rings. The molecule has 0 bridgehead atoms. The lowest BCUT2D eigenvalue weighted by Gasteiger charge is -1.98. The summed E-state index contributed by atoms with van der Waals surface area (Å²) in [4.78, 5) is 14.1. The van der Waals surface area contributed by atoms with Gasteiger partial charge >= 0.3 is 5.97 Å². The van der Waals surface area contributed by atoms with Gasteiger partial charge in [-0.05, 0) is 17.5 Å². The van der Waals surface area contributed by atoms with Crippen molar-refractivity contribution in [1.29, 1.82) is 0 Å². The third-order valence-electron chi connectivity index (χ3n) is 2.83. The van der Waals surface area contributed by atoms with Gasteiger partial charge in [0.05, 0.1) is 0 Å². The van der Waals surface area contributed by atoms with Crippen LogP contribution in [0.5, 0.6) is 0 Å². The van der Waals surface area contributed by atoms with E-state index in [1.807, 2.05) is 19.1 Å². The van der Waals surface area contributed by atoms with Gasteiger partial charge < -0.3 is 9.94 Å². The number of carboxylic acid groups (broad SMARTS) is 1. The molecule has 0 spiro atoms. The first kappa shape index (κ1) is 18.4. The highest BCUT2D eigenvalue weighted by Gasteiger charge is 1.91. The molecule has 0 unspecified atom stereocenters. The predicted molar refractivity (Wildman–Crippen MR) is 93.5 cm³/mol. The fourth-order valence-electron chi connectivity index (χ4n) is 1.74. The van der Waals surface area contributed by atoms with Crippen molar-refractivity contribution in [3.05, 3.63) is 60.7 Å². The number of carboxylic acids is 1. The molecule has 0 aliphatic carbocycles. The summed E-state index contributed by atoms with van der Waals surface area (Å²) >= 11 is 0. The van der Waals surface area contributed by atoms with E-state index in [0.717, 1.165) is 19.4 Å². The molecule has 1 aliphatic heterocycles. The maximum absolute atomic E-state index is 9.60. The van der Waals surface area contributed by atoms with Gasteiger partial charge in [0.15, 0.2) is 0 Å². The molecule has 0 atom stereocenters. The van der Waals surface area contributed by atoms with Crippen LogP contribution in [0.1, 0.15) is 26.2 Å². The molecule has 2 aromatic rings. The smallest absolute Gasteiger partial charge is 0.303 e. The van der Waals surface area contributed by atoms with E-state index >= 15 is 0 Å². The molecule has 2 aromatic carbocycles. The van der Waals surface area contributed by atoms with Gasteiger partial charge in [-0.25, -0.2) is 0 Å². The average molecular weight is 313 g/mol. The standard InChI is InChI=1S/C12H10.C4H8O2.C3H5NO/c1-3-7-11(8-4-1)12-9-5-2-6-10-12;1-2-3-4(5)6;1-2-4-5-3-1/h1-10H;2-3H2,1H3,(H,5,6);2H,1,3H2. The van der Waals surface area contributed by atoms with Crippen LogP contribution in [0.25, 0.3) is 11.1 Å². The van der Waals surface area contributed by atoms with Gasteiger partial charge in [-0.2, -0.15) is 0 Å². The Bertz CT molecular complexity index is 524. The van der Waals surface area contributed by atoms with Gasteiger partial charge in [0.1, 0.15) is 6.61 Å². The molecule has 1 heterocycles. The molecule has 0 saturated heterocycles. The maximum Gasteiger partial charge on any atom is 0.303 e. The summed E-state index contributed by atoms with van der Waals surface area (Å²) in [6, 6.07) is 20.8. The number of benzene rings is 2. The quantitative estimate of drug-likeness (QED) is 0.899. The highest BCUT2D eigenvalue weighted by Crippen LogP contribution is 2.17. The Morgan fingerprint density at radius 1 is 1.04 bits per heavy atom. The van der Waals surface area contributed by atoms with Crippen molar-refractivity contribution in [2.45, 2.75) is 26.2 Å². The Morgan fingerprint density at radius 3 is 1.78 bits per heavy atom. The van der Waals surface area contributed by atoms with Crippen molar-refractivity contribution in [3.8, 4) is 11.1 Å². The lowest BCUT2D eigenvalue weighted by Crippen LogP contribution is -1.90. The number of hydrogen-bond donors (Lipinski definition) is 1. The van der Waals surface area contributed by atoms with Crippen molar-refractivity contribution in [1.82, 2.24) is 0 Å². The Hall–Kier alpha value is -2.62. The Morgan fingerprint density at radius 2 is 1.57 bits per heavy atom. The first-order valence-corrected chi connectivity index (χ1v) is 7.70. The van der Waals surface area contributed by atoms with Crippen LogP contribution in [0.2, 0.25) is 0 Å². The number of hydrogen-bond acceptors (Lipinski definition) is 3. The van der Waals surface area contributed by atoms with Crippen LogP contribution >= 0.6 is 0 Å². The monoisotopic (exact) mass is 313 g/mol. The first-order chi connectivity index (χ1) is 11.2. The minimum Gasteiger partial charge on any atom is -0.481 e. The van der Waals surface area contributed by atoms with E-state index < -0.39 is 5.97 Å². The fourth-order valence-corrected chi connectivity index (χ4v) is 1.74. The van der Waals surface area contributed by atoms with Crippen LogP contribution in [-0.4, -0.2) is 23.9 Å². The molecule has 4 nitrogen and oxygen atoms in total. The number of aliphatic carboxylic acids is 1.